The molecule has 17 heavy (non-hydrogen) atoms. The van der Waals surface area contributed by atoms with Gasteiger partial charge >= 0.3 is 0 Å². The quantitative estimate of drug-likeness (QED) is 0.742. The number of benzene rings is 1. The largest absolute Gasteiger partial charge is 0.469 e. The van der Waals surface area contributed by atoms with Gasteiger partial charge < -0.3 is 13.9 Å². The van der Waals surface area contributed by atoms with Crippen molar-refractivity contribution in [2.45, 2.75) is 12.2 Å². The van der Waals surface area contributed by atoms with Crippen molar-refractivity contribution in [2.24, 2.45) is 0 Å². The fourth-order valence-corrected chi connectivity index (χ4v) is 1.95. The van der Waals surface area contributed by atoms with E-state index >= 15 is 0 Å². The molecule has 3 heteroatoms. The Morgan fingerprint density at radius 3 is 2.18 bits per heavy atom. The molecule has 2 rings (SSSR count). The van der Waals surface area contributed by atoms with Crippen LogP contribution in [0.1, 0.15) is 17.2 Å². The third-order valence-corrected chi connectivity index (χ3v) is 2.75. The molecule has 0 spiro atoms. The molecule has 0 fully saturated rings. The lowest BCUT2D eigenvalue weighted by atomic mass is 9.96. The van der Waals surface area contributed by atoms with E-state index in [1.165, 1.54) is 0 Å². The second kappa shape index (κ2) is 5.66. The number of rotatable bonds is 5. The summed E-state index contributed by atoms with van der Waals surface area (Å²) in [5, 5.41) is 0. The summed E-state index contributed by atoms with van der Waals surface area (Å²) < 4.78 is 16.2. The molecule has 1 unspecified atom stereocenters. The van der Waals surface area contributed by atoms with E-state index in [2.05, 4.69) is 0 Å². The Balaban J connectivity index is 2.37. The molecule has 90 valence electrons. The van der Waals surface area contributed by atoms with Gasteiger partial charge in [-0.15, -0.1) is 0 Å². The fourth-order valence-electron chi connectivity index (χ4n) is 1.95. The number of hydrogen-bond donors (Lipinski definition) is 0. The zero-order valence-electron chi connectivity index (χ0n) is 10.00. The summed E-state index contributed by atoms with van der Waals surface area (Å²) in [7, 11) is 3.26. The van der Waals surface area contributed by atoms with Gasteiger partial charge in [0.15, 0.2) is 6.29 Å². The Morgan fingerprint density at radius 2 is 1.65 bits per heavy atom. The van der Waals surface area contributed by atoms with E-state index in [1.54, 1.807) is 20.5 Å². The summed E-state index contributed by atoms with van der Waals surface area (Å²) in [5.41, 5.74) is 1.11. The van der Waals surface area contributed by atoms with Crippen LogP contribution in [0.2, 0.25) is 0 Å². The minimum Gasteiger partial charge on any atom is -0.469 e. The van der Waals surface area contributed by atoms with Crippen molar-refractivity contribution in [2.75, 3.05) is 14.2 Å². The van der Waals surface area contributed by atoms with Crippen LogP contribution in [-0.2, 0) is 9.47 Å². The Hall–Kier alpha value is -1.58. The minimum absolute atomic E-state index is 0.0544. The van der Waals surface area contributed by atoms with Crippen molar-refractivity contribution in [1.29, 1.82) is 0 Å². The van der Waals surface area contributed by atoms with Crippen molar-refractivity contribution in [3.05, 3.63) is 60.1 Å². The maximum atomic E-state index is 5.47. The third-order valence-electron chi connectivity index (χ3n) is 2.75. The first-order valence-electron chi connectivity index (χ1n) is 5.50. The van der Waals surface area contributed by atoms with Crippen LogP contribution in [0.3, 0.4) is 0 Å². The fraction of sp³-hybridized carbons (Fsp3) is 0.286. The Bertz CT molecular complexity index is 418. The molecule has 3 nitrogen and oxygen atoms in total. The van der Waals surface area contributed by atoms with E-state index in [1.807, 2.05) is 42.5 Å². The summed E-state index contributed by atoms with van der Waals surface area (Å²) in [6, 6.07) is 13.9. The summed E-state index contributed by atoms with van der Waals surface area (Å²) >= 11 is 0. The number of methoxy groups -OCH3 is 2. The lowest BCUT2D eigenvalue weighted by Crippen LogP contribution is -2.23. The van der Waals surface area contributed by atoms with Crippen LogP contribution in [-0.4, -0.2) is 20.5 Å². The maximum Gasteiger partial charge on any atom is 0.170 e. The van der Waals surface area contributed by atoms with E-state index in [0.29, 0.717) is 0 Å². The highest BCUT2D eigenvalue weighted by atomic mass is 16.7. The normalized spacial score (nSPS) is 12.9. The second-order valence-corrected chi connectivity index (χ2v) is 3.74. The Kier molecular flexibility index (Phi) is 3.96. The molecular formula is C14H16O3. The Morgan fingerprint density at radius 1 is 0.941 bits per heavy atom. The molecule has 1 atom stereocenters. The lowest BCUT2D eigenvalue weighted by molar-refractivity contribution is -0.113. The van der Waals surface area contributed by atoms with Gasteiger partial charge in [0.25, 0.3) is 0 Å². The van der Waals surface area contributed by atoms with Crippen LogP contribution in [0, 0.1) is 0 Å². The van der Waals surface area contributed by atoms with E-state index in [9.17, 15) is 0 Å². The first kappa shape index (κ1) is 11.9. The van der Waals surface area contributed by atoms with E-state index < -0.39 is 0 Å². The molecule has 0 amide bonds. The minimum atomic E-state index is -0.358. The average Bonchev–Trinajstić information content (AvgIpc) is 2.90. The van der Waals surface area contributed by atoms with Crippen LogP contribution in [0.5, 0.6) is 0 Å². The number of ether oxygens (including phenoxy) is 2. The third kappa shape index (κ3) is 2.57. The summed E-state index contributed by atoms with van der Waals surface area (Å²) in [6.45, 7) is 0. The molecule has 0 radical (unpaired) electrons. The number of hydrogen-bond acceptors (Lipinski definition) is 3. The highest BCUT2D eigenvalue weighted by Gasteiger charge is 2.26. The van der Waals surface area contributed by atoms with Crippen LogP contribution in [0.4, 0.5) is 0 Å². The van der Waals surface area contributed by atoms with Crippen LogP contribution < -0.4 is 0 Å². The molecule has 0 saturated heterocycles. The van der Waals surface area contributed by atoms with E-state index in [-0.39, 0.29) is 12.2 Å². The molecule has 0 saturated carbocycles. The lowest BCUT2D eigenvalue weighted by Gasteiger charge is -2.23. The first-order chi connectivity index (χ1) is 8.36. The molecule has 2 aromatic rings. The summed E-state index contributed by atoms with van der Waals surface area (Å²) in [5.74, 6) is 0.783. The average molecular weight is 232 g/mol. The van der Waals surface area contributed by atoms with Crippen molar-refractivity contribution in [3.63, 3.8) is 0 Å². The van der Waals surface area contributed by atoms with Crippen molar-refractivity contribution >= 4 is 0 Å². The maximum absolute atomic E-state index is 5.47. The predicted molar refractivity (Wildman–Crippen MR) is 64.8 cm³/mol. The van der Waals surface area contributed by atoms with Crippen molar-refractivity contribution in [3.8, 4) is 0 Å². The predicted octanol–water partition coefficient (Wildman–Crippen LogP) is 3.03. The van der Waals surface area contributed by atoms with Gasteiger partial charge in [-0.1, -0.05) is 30.3 Å². The van der Waals surface area contributed by atoms with Crippen molar-refractivity contribution < 1.29 is 13.9 Å². The van der Waals surface area contributed by atoms with Crippen LogP contribution in [0.25, 0.3) is 0 Å². The van der Waals surface area contributed by atoms with Gasteiger partial charge in [-0.25, -0.2) is 0 Å². The molecule has 0 aliphatic heterocycles. The molecule has 0 N–H and O–H groups in total. The zero-order chi connectivity index (χ0) is 12.1. The zero-order valence-corrected chi connectivity index (χ0v) is 10.00. The van der Waals surface area contributed by atoms with Gasteiger partial charge in [-0.3, -0.25) is 0 Å². The molecule has 0 aliphatic rings. The molecule has 0 bridgehead atoms. The summed E-state index contributed by atoms with van der Waals surface area (Å²) in [6.07, 6.45) is 1.30. The number of furan rings is 1. The van der Waals surface area contributed by atoms with Crippen LogP contribution >= 0.6 is 0 Å². The van der Waals surface area contributed by atoms with Gasteiger partial charge in [0.1, 0.15) is 5.76 Å². The molecule has 1 aromatic heterocycles. The van der Waals surface area contributed by atoms with Gasteiger partial charge in [0.2, 0.25) is 0 Å². The second-order valence-electron chi connectivity index (χ2n) is 3.74. The molecule has 1 aromatic carbocycles. The highest BCUT2D eigenvalue weighted by Crippen LogP contribution is 2.30. The monoisotopic (exact) mass is 232 g/mol. The van der Waals surface area contributed by atoms with E-state index in [4.69, 9.17) is 13.9 Å². The molecule has 1 heterocycles. The topological polar surface area (TPSA) is 31.6 Å². The molecule has 0 aliphatic carbocycles. The van der Waals surface area contributed by atoms with Gasteiger partial charge in [0, 0.05) is 14.2 Å². The van der Waals surface area contributed by atoms with Gasteiger partial charge in [-0.2, -0.15) is 0 Å². The highest BCUT2D eigenvalue weighted by molar-refractivity contribution is 5.28. The van der Waals surface area contributed by atoms with Crippen molar-refractivity contribution in [1.82, 2.24) is 0 Å². The SMILES string of the molecule is COC(OC)C(c1ccccc1)c1ccco1. The standard InChI is InChI=1S/C14H16O3/c1-15-14(16-2)13(12-9-6-10-17-12)11-7-4-3-5-8-11/h3-10,13-14H,1-2H3. The van der Waals surface area contributed by atoms with Crippen LogP contribution in [0.15, 0.2) is 53.1 Å². The Labute approximate surface area is 101 Å². The van der Waals surface area contributed by atoms with Gasteiger partial charge in [0.05, 0.1) is 12.2 Å². The van der Waals surface area contributed by atoms with E-state index in [0.717, 1.165) is 11.3 Å². The smallest absolute Gasteiger partial charge is 0.170 e. The summed E-state index contributed by atoms with van der Waals surface area (Å²) in [4.78, 5) is 0. The van der Waals surface area contributed by atoms with Gasteiger partial charge in [-0.05, 0) is 17.7 Å². The first-order valence-corrected chi connectivity index (χ1v) is 5.50. The molecular weight excluding hydrogens is 216 g/mol.